The summed E-state index contributed by atoms with van der Waals surface area (Å²) in [5, 5.41) is 0. The van der Waals surface area contributed by atoms with Gasteiger partial charge in [0.1, 0.15) is 6.04 Å². The fourth-order valence-electron chi connectivity index (χ4n) is 7.44. The summed E-state index contributed by atoms with van der Waals surface area (Å²) in [6, 6.07) is 10.6. The van der Waals surface area contributed by atoms with Crippen molar-refractivity contribution < 1.29 is 14.3 Å². The van der Waals surface area contributed by atoms with E-state index < -0.39 is 6.04 Å². The van der Waals surface area contributed by atoms with Gasteiger partial charge in [0.15, 0.2) is 0 Å². The molecule has 1 aromatic rings. The van der Waals surface area contributed by atoms with Gasteiger partial charge in [-0.15, -0.1) is 0 Å². The van der Waals surface area contributed by atoms with Crippen LogP contribution in [0.2, 0.25) is 0 Å². The van der Waals surface area contributed by atoms with Crippen molar-refractivity contribution in [1.82, 2.24) is 14.7 Å². The Hall–Kier alpha value is -1.96. The maximum Gasteiger partial charge on any atom is 0.245 e. The number of hydrogen-bond acceptors (Lipinski definition) is 5. The van der Waals surface area contributed by atoms with E-state index in [9.17, 15) is 9.59 Å². The van der Waals surface area contributed by atoms with Crippen molar-refractivity contribution >= 4 is 11.8 Å². The molecule has 6 rings (SSSR count). The molecule has 7 nitrogen and oxygen atoms in total. The summed E-state index contributed by atoms with van der Waals surface area (Å²) in [6.45, 7) is 2.38. The molecule has 4 aliphatic heterocycles. The second kappa shape index (κ2) is 9.16. The Balaban J connectivity index is 1.21. The monoisotopic (exact) mass is 480 g/mol. The van der Waals surface area contributed by atoms with Gasteiger partial charge in [0, 0.05) is 42.7 Å². The SMILES string of the molecule is CN([C@@H]1CCOC1)[C@H]1CC[C@H](N)C(=O)N2[C@H](CC[C@H]2C(=O)N2C[C@H](c3ccccc3)CC23CC3)C1. The third-order valence-corrected chi connectivity index (χ3v) is 9.74. The van der Waals surface area contributed by atoms with Crippen molar-refractivity contribution in [2.24, 2.45) is 5.73 Å². The third-order valence-electron chi connectivity index (χ3n) is 9.74. The number of nitrogens with two attached hydrogens (primary N) is 1. The molecular weight excluding hydrogens is 440 g/mol. The van der Waals surface area contributed by atoms with Crippen molar-refractivity contribution in [1.29, 1.82) is 0 Å². The lowest BCUT2D eigenvalue weighted by molar-refractivity contribution is -0.148. The van der Waals surface area contributed by atoms with Crippen LogP contribution in [0.1, 0.15) is 69.3 Å². The first-order chi connectivity index (χ1) is 17.0. The summed E-state index contributed by atoms with van der Waals surface area (Å²) in [5.74, 6) is 0.537. The third kappa shape index (κ3) is 4.19. The predicted molar refractivity (Wildman–Crippen MR) is 134 cm³/mol. The van der Waals surface area contributed by atoms with Crippen LogP contribution in [0.15, 0.2) is 30.3 Å². The van der Waals surface area contributed by atoms with Gasteiger partial charge in [-0.1, -0.05) is 30.3 Å². The molecule has 6 atom stereocenters. The average Bonchev–Trinajstić information content (AvgIpc) is 3.24. The largest absolute Gasteiger partial charge is 0.380 e. The quantitative estimate of drug-likeness (QED) is 0.716. The molecule has 4 heterocycles. The lowest BCUT2D eigenvalue weighted by Crippen LogP contribution is -2.58. The zero-order valence-corrected chi connectivity index (χ0v) is 21.0. The fourth-order valence-corrected chi connectivity index (χ4v) is 7.44. The molecule has 0 bridgehead atoms. The lowest BCUT2D eigenvalue weighted by atomic mass is 9.93. The standard InChI is InChI=1S/C28H40N4O3/c1-30(23-11-14-35-18-23)21-7-9-24(29)26(33)32-22(15-21)8-10-25(32)27(34)31-17-20(16-28(31)12-13-28)19-5-3-2-4-6-19/h2-6,20-25H,7-18,29H2,1H3/t20-,21+,22-,23-,24+,25+/m1/s1. The summed E-state index contributed by atoms with van der Waals surface area (Å²) < 4.78 is 5.64. The molecule has 1 aliphatic carbocycles. The van der Waals surface area contributed by atoms with Crippen LogP contribution in [0.3, 0.4) is 0 Å². The Bertz CT molecular complexity index is 945. The van der Waals surface area contributed by atoms with Gasteiger partial charge in [-0.2, -0.15) is 0 Å². The van der Waals surface area contributed by atoms with Crippen molar-refractivity contribution in [3.8, 4) is 0 Å². The van der Waals surface area contributed by atoms with Gasteiger partial charge in [-0.25, -0.2) is 0 Å². The number of fused-ring (bicyclic) bond motifs is 1. The number of rotatable bonds is 4. The molecule has 1 aromatic carbocycles. The van der Waals surface area contributed by atoms with E-state index in [1.165, 1.54) is 5.56 Å². The molecule has 2 N–H and O–H groups in total. The highest BCUT2D eigenvalue weighted by atomic mass is 16.5. The topological polar surface area (TPSA) is 79.1 Å². The van der Waals surface area contributed by atoms with E-state index in [0.717, 1.165) is 71.1 Å². The summed E-state index contributed by atoms with van der Waals surface area (Å²) in [5.41, 5.74) is 7.77. The van der Waals surface area contributed by atoms with Crippen LogP contribution in [0.25, 0.3) is 0 Å². The van der Waals surface area contributed by atoms with E-state index in [4.69, 9.17) is 10.5 Å². The van der Waals surface area contributed by atoms with Crippen molar-refractivity contribution in [2.75, 3.05) is 26.8 Å². The van der Waals surface area contributed by atoms with E-state index in [1.807, 2.05) is 11.0 Å². The van der Waals surface area contributed by atoms with Crippen molar-refractivity contribution in [3.05, 3.63) is 35.9 Å². The highest BCUT2D eigenvalue weighted by Crippen LogP contribution is 2.54. The highest BCUT2D eigenvalue weighted by Gasteiger charge is 2.58. The van der Waals surface area contributed by atoms with Gasteiger partial charge < -0.3 is 20.3 Å². The summed E-state index contributed by atoms with van der Waals surface area (Å²) in [4.78, 5) is 34.1. The molecule has 35 heavy (non-hydrogen) atoms. The summed E-state index contributed by atoms with van der Waals surface area (Å²) in [7, 11) is 2.20. The molecule has 5 fully saturated rings. The Labute approximate surface area is 208 Å². The number of benzene rings is 1. The van der Waals surface area contributed by atoms with E-state index in [2.05, 4.69) is 41.1 Å². The summed E-state index contributed by atoms with van der Waals surface area (Å²) >= 11 is 0. The van der Waals surface area contributed by atoms with E-state index in [0.29, 0.717) is 24.4 Å². The molecule has 5 aliphatic rings. The smallest absolute Gasteiger partial charge is 0.245 e. The Kier molecular flexibility index (Phi) is 6.14. The van der Waals surface area contributed by atoms with Crippen molar-refractivity contribution in [2.45, 2.75) is 99.5 Å². The number of likely N-dealkylation sites (N-methyl/N-ethyl adjacent to an activating group) is 1. The fraction of sp³-hybridized carbons (Fsp3) is 0.714. The minimum Gasteiger partial charge on any atom is -0.380 e. The number of nitrogens with zero attached hydrogens (tertiary/aromatic N) is 3. The molecule has 7 heteroatoms. The zero-order valence-electron chi connectivity index (χ0n) is 21.0. The van der Waals surface area contributed by atoms with Crippen LogP contribution in [-0.4, -0.2) is 89.1 Å². The van der Waals surface area contributed by atoms with Crippen LogP contribution in [0.5, 0.6) is 0 Å². The minimum absolute atomic E-state index is 0.00874. The first kappa shape index (κ1) is 23.4. The van der Waals surface area contributed by atoms with Crippen LogP contribution in [0, 0.1) is 0 Å². The molecule has 2 amide bonds. The van der Waals surface area contributed by atoms with Gasteiger partial charge in [0.05, 0.1) is 12.6 Å². The molecule has 0 aromatic heterocycles. The normalized spacial score (nSPS) is 36.5. The van der Waals surface area contributed by atoms with Gasteiger partial charge >= 0.3 is 0 Å². The molecule has 1 spiro atoms. The minimum atomic E-state index is -0.521. The van der Waals surface area contributed by atoms with Crippen molar-refractivity contribution in [3.63, 3.8) is 0 Å². The van der Waals surface area contributed by atoms with Gasteiger partial charge in [0.2, 0.25) is 11.8 Å². The molecule has 0 unspecified atom stereocenters. The first-order valence-electron chi connectivity index (χ1n) is 13.7. The Morgan fingerprint density at radius 1 is 1.09 bits per heavy atom. The van der Waals surface area contributed by atoms with Crippen LogP contribution in [0.4, 0.5) is 0 Å². The molecule has 190 valence electrons. The van der Waals surface area contributed by atoms with E-state index in [1.54, 1.807) is 0 Å². The highest BCUT2D eigenvalue weighted by molar-refractivity contribution is 5.91. The van der Waals surface area contributed by atoms with E-state index >= 15 is 0 Å². The number of hydrogen-bond donors (Lipinski definition) is 1. The van der Waals surface area contributed by atoms with Crippen LogP contribution < -0.4 is 5.73 Å². The molecular formula is C28H40N4O3. The van der Waals surface area contributed by atoms with Gasteiger partial charge in [-0.3, -0.25) is 14.5 Å². The predicted octanol–water partition coefficient (Wildman–Crippen LogP) is 2.50. The molecule has 4 saturated heterocycles. The maximum atomic E-state index is 14.1. The summed E-state index contributed by atoms with van der Waals surface area (Å²) in [6.07, 6.45) is 8.45. The number of likely N-dealkylation sites (tertiary alicyclic amines) is 1. The number of carbonyl (C=O) groups excluding carboxylic acids is 2. The lowest BCUT2D eigenvalue weighted by Gasteiger charge is -2.41. The number of amides is 2. The average molecular weight is 481 g/mol. The van der Waals surface area contributed by atoms with Crippen LogP contribution >= 0.6 is 0 Å². The second-order valence-corrected chi connectivity index (χ2v) is 11.7. The Morgan fingerprint density at radius 2 is 1.89 bits per heavy atom. The zero-order chi connectivity index (χ0) is 24.2. The maximum absolute atomic E-state index is 14.1. The van der Waals surface area contributed by atoms with Gasteiger partial charge in [0.25, 0.3) is 0 Å². The Morgan fingerprint density at radius 3 is 2.60 bits per heavy atom. The van der Waals surface area contributed by atoms with E-state index in [-0.39, 0.29) is 29.4 Å². The number of ether oxygens (including phenoxy) is 1. The van der Waals surface area contributed by atoms with Crippen LogP contribution in [-0.2, 0) is 14.3 Å². The second-order valence-electron chi connectivity index (χ2n) is 11.7. The first-order valence-corrected chi connectivity index (χ1v) is 13.7. The number of carbonyl (C=O) groups is 2. The molecule has 1 saturated carbocycles. The van der Waals surface area contributed by atoms with Gasteiger partial charge in [-0.05, 0) is 70.4 Å². The molecule has 0 radical (unpaired) electrons.